The van der Waals surface area contributed by atoms with Crippen LogP contribution in [-0.4, -0.2) is 28.3 Å². The Bertz CT molecular complexity index is 249. The van der Waals surface area contributed by atoms with Gasteiger partial charge in [0.25, 0.3) is 28.3 Å². The normalized spacial score (nSPS) is 35.3. The van der Waals surface area contributed by atoms with Gasteiger partial charge in [0.2, 0.25) is 0 Å². The molecule has 0 N–H and O–H groups in total. The van der Waals surface area contributed by atoms with Crippen LogP contribution in [0.3, 0.4) is 0 Å². The summed E-state index contributed by atoms with van der Waals surface area (Å²) in [6.07, 6.45) is 9.55. The van der Waals surface area contributed by atoms with Crippen LogP contribution in [0.1, 0.15) is 38.5 Å². The second-order valence-corrected chi connectivity index (χ2v) is 14.7. The lowest BCUT2D eigenvalue weighted by molar-refractivity contribution is 0.179. The summed E-state index contributed by atoms with van der Waals surface area (Å²) in [4.78, 5) is 0. The van der Waals surface area contributed by atoms with Gasteiger partial charge in [-0.3, -0.25) is 0 Å². The van der Waals surface area contributed by atoms with Crippen molar-refractivity contribution in [3.8, 4) is 0 Å². The van der Waals surface area contributed by atoms with E-state index in [0.717, 1.165) is 23.7 Å². The second kappa shape index (κ2) is 7.18. The molecule has 0 aromatic rings. The molecule has 0 bridgehead atoms. The molecule has 4 atom stereocenters. The van der Waals surface area contributed by atoms with E-state index in [0.29, 0.717) is 0 Å². The third-order valence-corrected chi connectivity index (χ3v) is 8.63. The van der Waals surface area contributed by atoms with Crippen molar-refractivity contribution in [1.29, 1.82) is 0 Å². The standard InChI is InChI=1S/C12H20.4CH3.2Al/c1-3-10-5-7-12-9(2)4-6-11(12)8-10;;;;;;/h9-12H,1-8H2;4*1H3;;. The number of fused-ring (bicyclic) bond motifs is 1. The van der Waals surface area contributed by atoms with Crippen LogP contribution in [0, 0.1) is 23.7 Å². The van der Waals surface area contributed by atoms with Gasteiger partial charge in [0.1, 0.15) is 0 Å². The molecule has 18 heavy (non-hydrogen) atoms. The van der Waals surface area contributed by atoms with E-state index in [1.54, 1.807) is 49.1 Å². The molecule has 0 nitrogen and oxygen atoms in total. The molecule has 4 unspecified atom stereocenters. The summed E-state index contributed by atoms with van der Waals surface area (Å²) in [6.45, 7) is 0. The minimum atomic E-state index is -0.327. The van der Waals surface area contributed by atoms with E-state index in [9.17, 15) is 0 Å². The molecular weight excluding hydrogens is 246 g/mol. The number of hydrogen-bond donors (Lipinski definition) is 0. The summed E-state index contributed by atoms with van der Waals surface area (Å²) < 4.78 is 0. The van der Waals surface area contributed by atoms with Gasteiger partial charge in [-0.15, -0.1) is 23.1 Å². The summed E-state index contributed by atoms with van der Waals surface area (Å²) in [5.41, 5.74) is 0. The number of hydrogen-bond acceptors (Lipinski definition) is 0. The van der Waals surface area contributed by atoms with Gasteiger partial charge in [0, 0.05) is 0 Å². The average Bonchev–Trinajstić information content (AvgIpc) is 2.68. The van der Waals surface area contributed by atoms with Gasteiger partial charge in [-0.05, 0) is 37.0 Å². The van der Waals surface area contributed by atoms with Crippen molar-refractivity contribution in [3.63, 3.8) is 0 Å². The van der Waals surface area contributed by atoms with E-state index in [2.05, 4.69) is 23.1 Å². The second-order valence-electron chi connectivity index (χ2n) is 8.04. The van der Waals surface area contributed by atoms with Crippen LogP contribution in [0.5, 0.6) is 0 Å². The lowest BCUT2D eigenvalue weighted by Gasteiger charge is -2.35. The maximum atomic E-state index is 2.55. The first-order valence-corrected chi connectivity index (χ1v) is 14.8. The minimum Gasteiger partial charge on any atom is -0.106 e. The molecular formula is C16H32Al2. The molecule has 2 fully saturated rings. The maximum Gasteiger partial charge on any atom is 0.255 e. The third kappa shape index (κ3) is 4.28. The first kappa shape index (κ1) is 15.5. The molecule has 2 saturated carbocycles. The van der Waals surface area contributed by atoms with Crippen LogP contribution in [0.25, 0.3) is 0 Å². The van der Waals surface area contributed by atoms with Crippen LogP contribution in [0.15, 0.2) is 0 Å². The highest BCUT2D eigenvalue weighted by atomic mass is 27.2. The molecule has 0 aromatic heterocycles. The first-order valence-electron chi connectivity index (χ1n) is 8.56. The number of rotatable bonds is 5. The smallest absolute Gasteiger partial charge is 0.106 e. The summed E-state index contributed by atoms with van der Waals surface area (Å²) in [6, 6.07) is 0. The molecule has 2 aliphatic rings. The van der Waals surface area contributed by atoms with Gasteiger partial charge in [-0.1, -0.05) is 35.7 Å². The highest BCUT2D eigenvalue weighted by molar-refractivity contribution is 6.56. The third-order valence-electron chi connectivity index (χ3n) is 5.59. The van der Waals surface area contributed by atoms with E-state index in [-0.39, 0.29) is 28.3 Å². The predicted octanol–water partition coefficient (Wildman–Crippen LogP) is 5.33. The van der Waals surface area contributed by atoms with Crippen LogP contribution < -0.4 is 0 Å². The molecule has 0 saturated heterocycles. The van der Waals surface area contributed by atoms with Gasteiger partial charge < -0.3 is 0 Å². The Balaban J connectivity index is 1.79. The van der Waals surface area contributed by atoms with Gasteiger partial charge >= 0.3 is 0 Å². The van der Waals surface area contributed by atoms with Crippen molar-refractivity contribution in [2.45, 2.75) is 72.2 Å². The molecule has 2 aliphatic carbocycles. The fraction of sp³-hybridized carbons (Fsp3) is 1.00. The van der Waals surface area contributed by atoms with Crippen molar-refractivity contribution >= 4 is 28.3 Å². The Morgan fingerprint density at radius 3 is 2.33 bits per heavy atom. The van der Waals surface area contributed by atoms with Gasteiger partial charge in [-0.25, -0.2) is 0 Å². The van der Waals surface area contributed by atoms with E-state index >= 15 is 0 Å². The zero-order chi connectivity index (χ0) is 13.1. The Labute approximate surface area is 124 Å². The highest BCUT2D eigenvalue weighted by Crippen LogP contribution is 2.50. The van der Waals surface area contributed by atoms with Crippen LogP contribution in [0.4, 0.5) is 0 Å². The maximum absolute atomic E-state index is 2.55. The summed E-state index contributed by atoms with van der Waals surface area (Å²) >= 11 is -0.625. The molecule has 2 heteroatoms. The van der Waals surface area contributed by atoms with Crippen LogP contribution in [-0.2, 0) is 0 Å². The SMILES string of the molecule is [CH3][Al]([CH3])[CH2]CC1CCC2C(CCC2[CH2][Al]([CH3])[CH3])C1. The van der Waals surface area contributed by atoms with Gasteiger partial charge in [0.05, 0.1) is 0 Å². The monoisotopic (exact) mass is 278 g/mol. The molecule has 0 amide bonds. The lowest BCUT2D eigenvalue weighted by Crippen LogP contribution is -2.26. The van der Waals surface area contributed by atoms with Gasteiger partial charge in [-0.2, -0.15) is 0 Å². The van der Waals surface area contributed by atoms with Crippen LogP contribution >= 0.6 is 0 Å². The van der Waals surface area contributed by atoms with E-state index in [1.165, 1.54) is 0 Å². The molecule has 0 aliphatic heterocycles. The van der Waals surface area contributed by atoms with Crippen molar-refractivity contribution in [1.82, 2.24) is 0 Å². The molecule has 0 radical (unpaired) electrons. The van der Waals surface area contributed by atoms with Crippen molar-refractivity contribution in [2.75, 3.05) is 0 Å². The quantitative estimate of drug-likeness (QED) is 0.596. The first-order chi connectivity index (χ1) is 8.56. The Hall–Kier alpha value is 1.06. The zero-order valence-electron chi connectivity index (χ0n) is 13.1. The molecule has 2 rings (SSSR count). The van der Waals surface area contributed by atoms with E-state index in [4.69, 9.17) is 0 Å². The minimum absolute atomic E-state index is 0.297. The van der Waals surface area contributed by atoms with Crippen molar-refractivity contribution in [2.24, 2.45) is 23.7 Å². The molecule has 0 spiro atoms. The molecule has 102 valence electrons. The highest BCUT2D eigenvalue weighted by Gasteiger charge is 2.40. The predicted molar refractivity (Wildman–Crippen MR) is 86.2 cm³/mol. The van der Waals surface area contributed by atoms with Crippen molar-refractivity contribution < 1.29 is 0 Å². The average molecular weight is 278 g/mol. The topological polar surface area (TPSA) is 0 Å². The zero-order valence-corrected chi connectivity index (χ0v) is 15.4. The van der Waals surface area contributed by atoms with Gasteiger partial charge in [0.15, 0.2) is 0 Å². The Morgan fingerprint density at radius 1 is 0.889 bits per heavy atom. The Morgan fingerprint density at radius 2 is 1.67 bits per heavy atom. The van der Waals surface area contributed by atoms with E-state index in [1.807, 2.05) is 0 Å². The lowest BCUT2D eigenvalue weighted by atomic mass is 9.73. The van der Waals surface area contributed by atoms with E-state index < -0.39 is 0 Å². The fourth-order valence-corrected chi connectivity index (χ4v) is 7.64. The van der Waals surface area contributed by atoms with Crippen molar-refractivity contribution in [3.05, 3.63) is 0 Å². The Kier molecular flexibility index (Phi) is 6.17. The fourth-order valence-electron chi connectivity index (χ4n) is 4.71. The summed E-state index contributed by atoms with van der Waals surface area (Å²) in [5.74, 6) is 14.7. The summed E-state index contributed by atoms with van der Waals surface area (Å²) in [7, 11) is 0. The van der Waals surface area contributed by atoms with Crippen LogP contribution in [0.2, 0.25) is 33.7 Å². The summed E-state index contributed by atoms with van der Waals surface area (Å²) in [5, 5.41) is 3.25. The molecule has 0 aromatic carbocycles. The largest absolute Gasteiger partial charge is 0.255 e. The molecule has 0 heterocycles.